The topological polar surface area (TPSA) is 71.8 Å². The zero-order valence-electron chi connectivity index (χ0n) is 9.92. The van der Waals surface area contributed by atoms with Crippen molar-refractivity contribution < 1.29 is 0 Å². The quantitative estimate of drug-likeness (QED) is 0.762. The lowest BCUT2D eigenvalue weighted by molar-refractivity contribution is 0.196. The molecule has 3 N–H and O–H groups in total. The molecule has 16 heavy (non-hydrogen) atoms. The zero-order valence-corrected chi connectivity index (χ0v) is 9.92. The van der Waals surface area contributed by atoms with E-state index in [0.29, 0.717) is 5.92 Å². The van der Waals surface area contributed by atoms with Gasteiger partial charge in [-0.1, -0.05) is 26.7 Å². The van der Waals surface area contributed by atoms with Gasteiger partial charge in [-0.3, -0.25) is 9.78 Å². The molecule has 2 rings (SSSR count). The summed E-state index contributed by atoms with van der Waals surface area (Å²) in [7, 11) is 0. The van der Waals surface area contributed by atoms with Crippen LogP contribution in [0.1, 0.15) is 51.1 Å². The number of aromatic nitrogens is 2. The van der Waals surface area contributed by atoms with Gasteiger partial charge in [-0.2, -0.15) is 0 Å². The van der Waals surface area contributed by atoms with Crippen LogP contribution in [0.2, 0.25) is 0 Å². The molecular formula is C12H19N3O. The third-order valence-corrected chi connectivity index (χ3v) is 3.64. The molecule has 1 unspecified atom stereocenters. The zero-order chi connectivity index (χ0) is 11.8. The summed E-state index contributed by atoms with van der Waals surface area (Å²) in [5, 5.41) is 0. The number of hydrogen-bond acceptors (Lipinski definition) is 3. The summed E-state index contributed by atoms with van der Waals surface area (Å²) >= 11 is 0. The van der Waals surface area contributed by atoms with Crippen LogP contribution in [0.25, 0.3) is 0 Å². The monoisotopic (exact) mass is 221 g/mol. The molecule has 1 fully saturated rings. The Morgan fingerprint density at radius 3 is 2.88 bits per heavy atom. The van der Waals surface area contributed by atoms with Gasteiger partial charge in [0.15, 0.2) is 0 Å². The average Bonchev–Trinajstić information content (AvgIpc) is 2.15. The van der Waals surface area contributed by atoms with E-state index >= 15 is 0 Å². The Bertz CT molecular complexity index is 436. The summed E-state index contributed by atoms with van der Waals surface area (Å²) in [5.74, 6) is 0.578. The maximum absolute atomic E-state index is 11.4. The van der Waals surface area contributed by atoms with Crippen molar-refractivity contribution in [1.82, 2.24) is 9.97 Å². The van der Waals surface area contributed by atoms with Gasteiger partial charge < -0.3 is 5.73 Å². The highest BCUT2D eigenvalue weighted by Gasteiger charge is 2.34. The van der Waals surface area contributed by atoms with E-state index in [1.54, 1.807) is 6.07 Å². The van der Waals surface area contributed by atoms with Crippen LogP contribution in [0.5, 0.6) is 0 Å². The number of nitrogens with two attached hydrogens (primary N) is 1. The van der Waals surface area contributed by atoms with Crippen molar-refractivity contribution >= 4 is 5.95 Å². The Morgan fingerprint density at radius 1 is 1.50 bits per heavy atom. The fraction of sp³-hybridized carbons (Fsp3) is 0.667. The number of nitrogens with zero attached hydrogens (tertiary/aromatic N) is 1. The smallest absolute Gasteiger partial charge is 0.252 e. The summed E-state index contributed by atoms with van der Waals surface area (Å²) in [5.41, 5.74) is 6.51. The fourth-order valence-corrected chi connectivity index (χ4v) is 2.72. The first kappa shape index (κ1) is 11.2. The molecule has 1 heterocycles. The van der Waals surface area contributed by atoms with Gasteiger partial charge >= 0.3 is 0 Å². The van der Waals surface area contributed by atoms with Gasteiger partial charge in [0.25, 0.3) is 5.56 Å². The first-order valence-corrected chi connectivity index (χ1v) is 5.86. The van der Waals surface area contributed by atoms with Gasteiger partial charge in [-0.15, -0.1) is 0 Å². The van der Waals surface area contributed by atoms with E-state index in [1.165, 1.54) is 19.3 Å². The van der Waals surface area contributed by atoms with Crippen molar-refractivity contribution in [2.24, 2.45) is 5.41 Å². The summed E-state index contributed by atoms with van der Waals surface area (Å²) in [6.07, 6.45) is 4.76. The Hall–Kier alpha value is -1.32. The Balaban J connectivity index is 2.38. The molecule has 0 saturated heterocycles. The molecule has 0 radical (unpaired) electrons. The van der Waals surface area contributed by atoms with Crippen LogP contribution < -0.4 is 11.3 Å². The molecule has 1 aromatic heterocycles. The van der Waals surface area contributed by atoms with Crippen molar-refractivity contribution in [3.63, 3.8) is 0 Å². The summed E-state index contributed by atoms with van der Waals surface area (Å²) in [6, 6.07) is 1.59. The largest absolute Gasteiger partial charge is 0.369 e. The lowest BCUT2D eigenvalue weighted by Gasteiger charge is -2.38. The number of H-pyrrole nitrogens is 1. The van der Waals surface area contributed by atoms with Gasteiger partial charge in [0.05, 0.1) is 5.69 Å². The molecule has 1 atom stereocenters. The molecular weight excluding hydrogens is 202 g/mol. The van der Waals surface area contributed by atoms with E-state index in [1.807, 2.05) is 0 Å². The summed E-state index contributed by atoms with van der Waals surface area (Å²) < 4.78 is 0. The van der Waals surface area contributed by atoms with E-state index in [4.69, 9.17) is 5.73 Å². The second-order valence-electron chi connectivity index (χ2n) is 5.34. The molecule has 1 aliphatic rings. The summed E-state index contributed by atoms with van der Waals surface area (Å²) in [4.78, 5) is 18.2. The Morgan fingerprint density at radius 2 is 2.25 bits per heavy atom. The fourth-order valence-electron chi connectivity index (χ4n) is 2.72. The van der Waals surface area contributed by atoms with E-state index < -0.39 is 0 Å². The maximum Gasteiger partial charge on any atom is 0.252 e. The minimum atomic E-state index is -0.149. The minimum absolute atomic E-state index is 0.149. The van der Waals surface area contributed by atoms with Crippen molar-refractivity contribution in [3.8, 4) is 0 Å². The van der Waals surface area contributed by atoms with E-state index in [2.05, 4.69) is 23.8 Å². The van der Waals surface area contributed by atoms with E-state index in [-0.39, 0.29) is 16.9 Å². The molecule has 0 aliphatic heterocycles. The highest BCUT2D eigenvalue weighted by molar-refractivity contribution is 5.21. The predicted molar refractivity (Wildman–Crippen MR) is 64.3 cm³/mol. The first-order valence-electron chi connectivity index (χ1n) is 5.86. The molecule has 1 aliphatic carbocycles. The molecule has 0 aromatic carbocycles. The number of aromatic amines is 1. The normalized spacial score (nSPS) is 24.2. The average molecular weight is 221 g/mol. The highest BCUT2D eigenvalue weighted by atomic mass is 16.1. The van der Waals surface area contributed by atoms with Crippen LogP contribution in [0.15, 0.2) is 10.9 Å². The molecule has 4 heteroatoms. The number of anilines is 1. The standard InChI is InChI=1S/C12H19N3O/c1-12(2)6-4-3-5-8(12)9-7-10(16)15-11(13)14-9/h7-8H,3-6H2,1-2H3,(H3,13,14,15,16). The highest BCUT2D eigenvalue weighted by Crippen LogP contribution is 2.45. The van der Waals surface area contributed by atoms with Crippen LogP contribution >= 0.6 is 0 Å². The van der Waals surface area contributed by atoms with Gasteiger partial charge in [-0.05, 0) is 18.3 Å². The number of hydrogen-bond donors (Lipinski definition) is 2. The van der Waals surface area contributed by atoms with Crippen LogP contribution in [0, 0.1) is 5.41 Å². The molecule has 4 nitrogen and oxygen atoms in total. The van der Waals surface area contributed by atoms with Gasteiger partial charge in [0.2, 0.25) is 5.95 Å². The van der Waals surface area contributed by atoms with Crippen molar-refractivity contribution in [3.05, 3.63) is 22.1 Å². The van der Waals surface area contributed by atoms with Gasteiger partial charge in [0, 0.05) is 12.0 Å². The maximum atomic E-state index is 11.4. The number of nitrogen functional groups attached to an aromatic ring is 1. The molecule has 88 valence electrons. The molecule has 1 aromatic rings. The number of nitrogens with one attached hydrogen (secondary N) is 1. The van der Waals surface area contributed by atoms with Crippen molar-refractivity contribution in [2.45, 2.75) is 45.4 Å². The summed E-state index contributed by atoms with van der Waals surface area (Å²) in [6.45, 7) is 4.49. The molecule has 0 amide bonds. The second kappa shape index (κ2) is 3.92. The van der Waals surface area contributed by atoms with Crippen LogP contribution in [-0.2, 0) is 0 Å². The van der Waals surface area contributed by atoms with Crippen LogP contribution in [0.3, 0.4) is 0 Å². The lowest BCUT2D eigenvalue weighted by atomic mass is 9.67. The Labute approximate surface area is 95.3 Å². The molecule has 0 spiro atoms. The van der Waals surface area contributed by atoms with E-state index in [0.717, 1.165) is 12.1 Å². The first-order chi connectivity index (χ1) is 7.49. The Kier molecular flexibility index (Phi) is 2.74. The van der Waals surface area contributed by atoms with Gasteiger partial charge in [-0.25, -0.2) is 4.98 Å². The third-order valence-electron chi connectivity index (χ3n) is 3.64. The molecule has 1 saturated carbocycles. The van der Waals surface area contributed by atoms with E-state index in [9.17, 15) is 4.79 Å². The number of rotatable bonds is 1. The van der Waals surface area contributed by atoms with Crippen molar-refractivity contribution in [1.29, 1.82) is 0 Å². The van der Waals surface area contributed by atoms with Crippen molar-refractivity contribution in [2.75, 3.05) is 5.73 Å². The SMILES string of the molecule is CC1(C)CCCCC1c1cc(=O)[nH]c(N)n1. The predicted octanol–water partition coefficient (Wildman–Crippen LogP) is 2.04. The molecule has 0 bridgehead atoms. The minimum Gasteiger partial charge on any atom is -0.369 e. The van der Waals surface area contributed by atoms with Crippen LogP contribution in [0.4, 0.5) is 5.95 Å². The van der Waals surface area contributed by atoms with Gasteiger partial charge in [0.1, 0.15) is 0 Å². The third kappa shape index (κ3) is 2.10. The van der Waals surface area contributed by atoms with Crippen LogP contribution in [-0.4, -0.2) is 9.97 Å². The second-order valence-corrected chi connectivity index (χ2v) is 5.34. The lowest BCUT2D eigenvalue weighted by Crippen LogP contribution is -2.28.